The lowest BCUT2D eigenvalue weighted by molar-refractivity contribution is -0.130. The highest BCUT2D eigenvalue weighted by molar-refractivity contribution is 5.75. The molecule has 1 aromatic heterocycles. The van der Waals surface area contributed by atoms with Crippen LogP contribution in [0.15, 0.2) is 16.9 Å². The van der Waals surface area contributed by atoms with Gasteiger partial charge in [0, 0.05) is 19.5 Å². The van der Waals surface area contributed by atoms with E-state index in [9.17, 15) is 4.79 Å². The lowest BCUT2D eigenvalue weighted by Gasteiger charge is -2.23. The molecule has 1 aromatic rings. The Kier molecular flexibility index (Phi) is 4.75. The van der Waals surface area contributed by atoms with Gasteiger partial charge in [-0.05, 0) is 38.3 Å². The Labute approximate surface area is 108 Å². The van der Waals surface area contributed by atoms with Gasteiger partial charge in [0.1, 0.15) is 12.0 Å². The number of carbonyl (C=O) groups excluding carboxylic acids is 1. The highest BCUT2D eigenvalue weighted by atomic mass is 16.5. The van der Waals surface area contributed by atoms with Gasteiger partial charge in [0.2, 0.25) is 5.91 Å². The molecule has 5 nitrogen and oxygen atoms in total. The number of nitrogens with zero attached hydrogens (tertiary/aromatic N) is 2. The molecule has 0 bridgehead atoms. The molecular weight excluding hydrogens is 230 g/mol. The number of aromatic nitrogens is 1. The van der Waals surface area contributed by atoms with Crippen molar-refractivity contribution in [3.05, 3.63) is 18.0 Å². The Balaban J connectivity index is 1.70. The van der Waals surface area contributed by atoms with Crippen LogP contribution in [-0.2, 0) is 11.3 Å². The highest BCUT2D eigenvalue weighted by Crippen LogP contribution is 2.18. The van der Waals surface area contributed by atoms with Crippen molar-refractivity contribution in [2.24, 2.45) is 5.92 Å². The maximum Gasteiger partial charge on any atom is 0.222 e. The third-order valence-electron chi connectivity index (χ3n) is 3.54. The summed E-state index contributed by atoms with van der Waals surface area (Å²) in [6, 6.07) is 1.79. The van der Waals surface area contributed by atoms with Crippen molar-refractivity contribution >= 4 is 5.91 Å². The molecule has 1 aliphatic heterocycles. The topological polar surface area (TPSA) is 58.4 Å². The van der Waals surface area contributed by atoms with Crippen molar-refractivity contribution in [1.29, 1.82) is 0 Å². The summed E-state index contributed by atoms with van der Waals surface area (Å²) in [5, 5.41) is 7.15. The van der Waals surface area contributed by atoms with Gasteiger partial charge < -0.3 is 14.7 Å². The fourth-order valence-corrected chi connectivity index (χ4v) is 2.34. The van der Waals surface area contributed by atoms with Crippen molar-refractivity contribution in [1.82, 2.24) is 15.4 Å². The average molecular weight is 251 g/mol. The van der Waals surface area contributed by atoms with Crippen LogP contribution in [-0.4, -0.2) is 36.1 Å². The first kappa shape index (κ1) is 13.1. The number of rotatable bonds is 5. The monoisotopic (exact) mass is 251 g/mol. The molecule has 0 spiro atoms. The number of hydrogen-bond acceptors (Lipinski definition) is 4. The van der Waals surface area contributed by atoms with E-state index in [1.54, 1.807) is 11.0 Å². The smallest absolute Gasteiger partial charge is 0.222 e. The minimum absolute atomic E-state index is 0.191. The molecule has 2 rings (SSSR count). The molecule has 1 aliphatic rings. The standard InChI is InChI=1S/C13H21N3O2/c1-16(10-12-6-9-18-15-12)13(17)3-2-11-4-7-14-8-5-11/h6,9,11,14H,2-5,7-8,10H2,1H3. The average Bonchev–Trinajstić information content (AvgIpc) is 2.90. The van der Waals surface area contributed by atoms with Crippen LogP contribution in [0.25, 0.3) is 0 Å². The largest absolute Gasteiger partial charge is 0.364 e. The maximum atomic E-state index is 12.0. The predicted molar refractivity (Wildman–Crippen MR) is 67.8 cm³/mol. The molecule has 100 valence electrons. The number of carbonyl (C=O) groups is 1. The molecule has 0 aromatic carbocycles. The van der Waals surface area contributed by atoms with Crippen molar-refractivity contribution < 1.29 is 9.32 Å². The van der Waals surface area contributed by atoms with E-state index in [0.717, 1.165) is 25.2 Å². The Morgan fingerprint density at radius 3 is 3.00 bits per heavy atom. The number of amides is 1. The molecule has 1 N–H and O–H groups in total. The first-order chi connectivity index (χ1) is 8.75. The zero-order valence-corrected chi connectivity index (χ0v) is 10.9. The first-order valence-corrected chi connectivity index (χ1v) is 6.59. The molecule has 18 heavy (non-hydrogen) atoms. The SMILES string of the molecule is CN(Cc1ccon1)C(=O)CCC1CCNCC1. The summed E-state index contributed by atoms with van der Waals surface area (Å²) in [5.74, 6) is 0.896. The maximum absolute atomic E-state index is 12.0. The van der Waals surface area contributed by atoms with Gasteiger partial charge >= 0.3 is 0 Å². The summed E-state index contributed by atoms with van der Waals surface area (Å²) in [4.78, 5) is 13.7. The van der Waals surface area contributed by atoms with E-state index >= 15 is 0 Å². The van der Waals surface area contributed by atoms with Crippen LogP contribution < -0.4 is 5.32 Å². The Morgan fingerprint density at radius 2 is 2.33 bits per heavy atom. The van der Waals surface area contributed by atoms with Crippen molar-refractivity contribution in [3.63, 3.8) is 0 Å². The van der Waals surface area contributed by atoms with Crippen molar-refractivity contribution in [2.45, 2.75) is 32.2 Å². The normalized spacial score (nSPS) is 16.7. The molecule has 1 fully saturated rings. The predicted octanol–water partition coefficient (Wildman–Crippen LogP) is 1.41. The molecule has 0 atom stereocenters. The summed E-state index contributed by atoms with van der Waals surface area (Å²) >= 11 is 0. The Hall–Kier alpha value is -1.36. The lowest BCUT2D eigenvalue weighted by atomic mass is 9.93. The molecule has 0 unspecified atom stereocenters. The Bertz CT molecular complexity index is 358. The van der Waals surface area contributed by atoms with E-state index in [1.807, 2.05) is 7.05 Å². The zero-order valence-electron chi connectivity index (χ0n) is 10.9. The molecule has 2 heterocycles. The van der Waals surface area contributed by atoms with Crippen molar-refractivity contribution in [3.8, 4) is 0 Å². The fraction of sp³-hybridized carbons (Fsp3) is 0.692. The van der Waals surface area contributed by atoms with Gasteiger partial charge in [-0.2, -0.15) is 0 Å². The van der Waals surface area contributed by atoms with Gasteiger partial charge in [0.05, 0.1) is 6.54 Å². The third-order valence-corrected chi connectivity index (χ3v) is 3.54. The Morgan fingerprint density at radius 1 is 1.56 bits per heavy atom. The van der Waals surface area contributed by atoms with Gasteiger partial charge in [-0.15, -0.1) is 0 Å². The van der Waals surface area contributed by atoms with Crippen LogP contribution in [0.5, 0.6) is 0 Å². The number of hydrogen-bond donors (Lipinski definition) is 1. The van der Waals surface area contributed by atoms with Crippen molar-refractivity contribution in [2.75, 3.05) is 20.1 Å². The molecule has 1 saturated heterocycles. The van der Waals surface area contributed by atoms with E-state index in [1.165, 1.54) is 19.1 Å². The van der Waals surface area contributed by atoms with E-state index in [-0.39, 0.29) is 5.91 Å². The summed E-state index contributed by atoms with van der Waals surface area (Å²) < 4.78 is 4.76. The molecule has 1 amide bonds. The quantitative estimate of drug-likeness (QED) is 0.859. The molecule has 5 heteroatoms. The van der Waals surface area contributed by atoms with Gasteiger partial charge in [0.15, 0.2) is 0 Å². The van der Waals surface area contributed by atoms with Gasteiger partial charge in [-0.1, -0.05) is 5.16 Å². The summed E-state index contributed by atoms with van der Waals surface area (Å²) in [7, 11) is 1.82. The molecular formula is C13H21N3O2. The summed E-state index contributed by atoms with van der Waals surface area (Å²) in [6.07, 6.45) is 5.56. The fourth-order valence-electron chi connectivity index (χ4n) is 2.34. The second-order valence-corrected chi connectivity index (χ2v) is 4.97. The van der Waals surface area contributed by atoms with Gasteiger partial charge in [-0.3, -0.25) is 4.79 Å². The molecule has 0 aliphatic carbocycles. The molecule has 0 radical (unpaired) electrons. The second-order valence-electron chi connectivity index (χ2n) is 4.97. The van der Waals surface area contributed by atoms with Gasteiger partial charge in [0.25, 0.3) is 0 Å². The highest BCUT2D eigenvalue weighted by Gasteiger charge is 2.16. The number of nitrogens with one attached hydrogen (secondary N) is 1. The van der Waals surface area contributed by atoms with Crippen LogP contribution in [0.3, 0.4) is 0 Å². The van der Waals surface area contributed by atoms with E-state index in [4.69, 9.17) is 4.52 Å². The van der Waals surface area contributed by atoms with E-state index in [0.29, 0.717) is 18.9 Å². The minimum Gasteiger partial charge on any atom is -0.364 e. The van der Waals surface area contributed by atoms with E-state index < -0.39 is 0 Å². The van der Waals surface area contributed by atoms with Crippen LogP contribution in [0.4, 0.5) is 0 Å². The molecule has 0 saturated carbocycles. The van der Waals surface area contributed by atoms with Crippen LogP contribution >= 0.6 is 0 Å². The van der Waals surface area contributed by atoms with Crippen LogP contribution in [0, 0.1) is 5.92 Å². The lowest BCUT2D eigenvalue weighted by Crippen LogP contribution is -2.30. The van der Waals surface area contributed by atoms with Crippen LogP contribution in [0.2, 0.25) is 0 Å². The second kappa shape index (κ2) is 6.54. The minimum atomic E-state index is 0.191. The summed E-state index contributed by atoms with van der Waals surface area (Å²) in [5.41, 5.74) is 0.799. The first-order valence-electron chi connectivity index (χ1n) is 6.59. The summed E-state index contributed by atoms with van der Waals surface area (Å²) in [6.45, 7) is 2.71. The third kappa shape index (κ3) is 3.84. The van der Waals surface area contributed by atoms with Gasteiger partial charge in [-0.25, -0.2) is 0 Å². The van der Waals surface area contributed by atoms with Crippen LogP contribution in [0.1, 0.15) is 31.4 Å². The van der Waals surface area contributed by atoms with E-state index in [2.05, 4.69) is 10.5 Å². The number of piperidine rings is 1. The zero-order chi connectivity index (χ0) is 12.8.